The molecule has 2 spiro atoms. The van der Waals surface area contributed by atoms with Crippen molar-refractivity contribution in [1.29, 1.82) is 0 Å². The number of fused-ring (bicyclic) bond motifs is 4. The molecule has 0 aromatic rings. The van der Waals surface area contributed by atoms with Gasteiger partial charge in [-0.25, -0.2) is 0 Å². The number of amides is 1. The van der Waals surface area contributed by atoms with E-state index >= 15 is 0 Å². The van der Waals surface area contributed by atoms with E-state index in [0.29, 0.717) is 55.2 Å². The van der Waals surface area contributed by atoms with Gasteiger partial charge in [0.25, 0.3) is 0 Å². The summed E-state index contributed by atoms with van der Waals surface area (Å²) in [4.78, 5) is 15.4. The van der Waals surface area contributed by atoms with Gasteiger partial charge in [0.05, 0.1) is 43.2 Å². The first-order valence-corrected chi connectivity index (χ1v) is 20.3. The van der Waals surface area contributed by atoms with Gasteiger partial charge in [0.1, 0.15) is 6.10 Å². The Hall–Kier alpha value is -0.770. The Kier molecular flexibility index (Phi) is 8.36. The number of carbonyl (C=O) groups is 1. The van der Waals surface area contributed by atoms with E-state index in [1.54, 1.807) is 13.8 Å². The minimum absolute atomic E-state index is 0.00620. The van der Waals surface area contributed by atoms with Gasteiger partial charge in [-0.2, -0.15) is 0 Å². The van der Waals surface area contributed by atoms with Crippen LogP contribution in [-0.2, 0) is 19.0 Å². The summed E-state index contributed by atoms with van der Waals surface area (Å²) < 4.78 is 19.8. The molecule has 2 saturated heterocycles. The third kappa shape index (κ3) is 4.84. The number of ether oxygens (including phenoxy) is 3. The number of carbonyl (C=O) groups excluding carboxylic acids is 1. The molecule has 0 aromatic heterocycles. The van der Waals surface area contributed by atoms with Crippen LogP contribution >= 0.6 is 0 Å². The maximum Gasteiger partial charge on any atom is 0.225 e. The van der Waals surface area contributed by atoms with E-state index in [-0.39, 0.29) is 52.0 Å². The smallest absolute Gasteiger partial charge is 0.225 e. The van der Waals surface area contributed by atoms with E-state index in [4.69, 9.17) is 14.2 Å². The second kappa shape index (κ2) is 11.6. The highest BCUT2D eigenvalue weighted by Crippen LogP contribution is 2.89. The van der Waals surface area contributed by atoms with Gasteiger partial charge in [-0.3, -0.25) is 4.79 Å². The van der Waals surface area contributed by atoms with Crippen LogP contribution in [0, 0.1) is 56.7 Å². The van der Waals surface area contributed by atoms with Crippen molar-refractivity contribution in [1.82, 2.24) is 4.90 Å². The average molecular weight is 686 g/mol. The Labute approximate surface area is 295 Å². The Morgan fingerprint density at radius 2 is 1.65 bits per heavy atom. The van der Waals surface area contributed by atoms with E-state index in [9.17, 15) is 20.1 Å². The highest BCUT2D eigenvalue weighted by Gasteiger charge is 2.84. The predicted octanol–water partition coefficient (Wildman–Crippen LogP) is 6.08. The zero-order chi connectivity index (χ0) is 34.9. The van der Waals surface area contributed by atoms with Crippen LogP contribution in [0.2, 0.25) is 0 Å². The summed E-state index contributed by atoms with van der Waals surface area (Å²) in [6, 6.07) is 0. The summed E-state index contributed by atoms with van der Waals surface area (Å²) in [5.74, 6) is 2.03. The first-order chi connectivity index (χ1) is 23.0. The minimum atomic E-state index is -1.26. The molecule has 8 aliphatic rings. The summed E-state index contributed by atoms with van der Waals surface area (Å²) >= 11 is 0. The third-order valence-corrected chi connectivity index (χ3v) is 17.5. The Morgan fingerprint density at radius 1 is 0.959 bits per heavy atom. The number of nitrogens with zero attached hydrogens (tertiary/aromatic N) is 1. The number of morpholine rings is 1. The lowest BCUT2D eigenvalue weighted by atomic mass is 9.41. The van der Waals surface area contributed by atoms with Crippen molar-refractivity contribution in [2.45, 2.75) is 174 Å². The van der Waals surface area contributed by atoms with Gasteiger partial charge in [0.15, 0.2) is 6.29 Å². The molecule has 0 aromatic carbocycles. The molecule has 0 bridgehead atoms. The second-order valence-electron chi connectivity index (χ2n) is 20.2. The highest BCUT2D eigenvalue weighted by molar-refractivity contribution is 5.79. The molecule has 49 heavy (non-hydrogen) atoms. The van der Waals surface area contributed by atoms with Crippen molar-refractivity contribution in [3.8, 4) is 0 Å². The fraction of sp³-hybridized carbons (Fsp3) is 0.976. The molecule has 6 aliphatic carbocycles. The summed E-state index contributed by atoms with van der Waals surface area (Å²) in [6.07, 6.45) is 11.8. The molecule has 3 N–H and O–H groups in total. The molecule has 14 atom stereocenters. The molecule has 2 heterocycles. The molecule has 8 nitrogen and oxygen atoms in total. The van der Waals surface area contributed by atoms with Crippen LogP contribution < -0.4 is 0 Å². The Morgan fingerprint density at radius 3 is 2.37 bits per heavy atom. The molecule has 4 unspecified atom stereocenters. The molecule has 278 valence electrons. The van der Waals surface area contributed by atoms with Crippen LogP contribution in [-0.4, -0.2) is 88.2 Å². The van der Waals surface area contributed by atoms with E-state index < -0.39 is 23.9 Å². The topological polar surface area (TPSA) is 109 Å². The van der Waals surface area contributed by atoms with Crippen molar-refractivity contribution >= 4 is 5.91 Å². The number of hydrogen-bond acceptors (Lipinski definition) is 7. The first kappa shape index (κ1) is 35.3. The normalized spacial score (nSPS) is 51.5. The van der Waals surface area contributed by atoms with Crippen LogP contribution in [0.4, 0.5) is 0 Å². The van der Waals surface area contributed by atoms with Crippen LogP contribution in [0.15, 0.2) is 0 Å². The van der Waals surface area contributed by atoms with Gasteiger partial charge >= 0.3 is 0 Å². The molecule has 6 saturated carbocycles. The zero-order valence-corrected chi connectivity index (χ0v) is 31.6. The van der Waals surface area contributed by atoms with Crippen molar-refractivity contribution < 1.29 is 34.3 Å². The Bertz CT molecular complexity index is 1290. The maximum absolute atomic E-state index is 13.4. The van der Waals surface area contributed by atoms with Crippen LogP contribution in [0.3, 0.4) is 0 Å². The molecule has 0 radical (unpaired) electrons. The Balaban J connectivity index is 0.993. The van der Waals surface area contributed by atoms with Crippen molar-refractivity contribution in [2.75, 3.05) is 19.7 Å². The molecule has 8 heteroatoms. The lowest BCUT2D eigenvalue weighted by Gasteiger charge is -2.64. The van der Waals surface area contributed by atoms with E-state index in [1.165, 1.54) is 38.5 Å². The molecular weight excluding hydrogens is 618 g/mol. The number of aliphatic hydroxyl groups excluding tert-OH is 2. The highest BCUT2D eigenvalue weighted by atomic mass is 16.7. The number of hydrogen-bond donors (Lipinski definition) is 3. The fourth-order valence-electron chi connectivity index (χ4n) is 14.9. The van der Waals surface area contributed by atoms with Crippen molar-refractivity contribution in [3.63, 3.8) is 0 Å². The lowest BCUT2D eigenvalue weighted by molar-refractivity contribution is -0.248. The number of aliphatic hydroxyl groups is 3. The van der Waals surface area contributed by atoms with E-state index in [2.05, 4.69) is 34.6 Å². The van der Waals surface area contributed by atoms with Crippen LogP contribution in [0.5, 0.6) is 0 Å². The van der Waals surface area contributed by atoms with Gasteiger partial charge in [-0.1, -0.05) is 53.9 Å². The summed E-state index contributed by atoms with van der Waals surface area (Å²) in [5, 5.41) is 34.2. The molecule has 2 aliphatic heterocycles. The van der Waals surface area contributed by atoms with Gasteiger partial charge < -0.3 is 34.4 Å². The van der Waals surface area contributed by atoms with Gasteiger partial charge in [-0.15, -0.1) is 0 Å². The minimum Gasteiger partial charge on any atom is -0.390 e. The first-order valence-electron chi connectivity index (χ1n) is 20.3. The van der Waals surface area contributed by atoms with Gasteiger partial charge in [-0.05, 0) is 123 Å². The van der Waals surface area contributed by atoms with E-state index in [0.717, 1.165) is 38.5 Å². The quantitative estimate of drug-likeness (QED) is 0.322. The summed E-state index contributed by atoms with van der Waals surface area (Å²) in [7, 11) is 0. The summed E-state index contributed by atoms with van der Waals surface area (Å²) in [5.41, 5.74) is -1.02. The fourth-order valence-corrected chi connectivity index (χ4v) is 14.9. The van der Waals surface area contributed by atoms with E-state index in [1.807, 2.05) is 4.90 Å². The van der Waals surface area contributed by atoms with Crippen LogP contribution in [0.25, 0.3) is 0 Å². The standard InChI is InChI=1S/C41H67NO7/c1-24-21-26(33(43)37(4,5)46)48-32-31(24)38(6)17-18-41-23-40(41)16-15-29(36(2,3)27(40)13-14-28(41)39(38,7)34(32)44)49-30-22-42(19-20-47-30)35(45)25-11-9-8-10-12-25/h24-34,43-44,46H,8-23H2,1-7H3/t24-,26?,27+,28?,29?,30+,31+,32?,33+,34+,38-,39-,40-,41+/m1/s1. The molecule has 8 rings (SSSR count). The van der Waals surface area contributed by atoms with Gasteiger partial charge in [0, 0.05) is 17.9 Å². The zero-order valence-electron chi connectivity index (χ0n) is 31.6. The monoisotopic (exact) mass is 685 g/mol. The predicted molar refractivity (Wildman–Crippen MR) is 186 cm³/mol. The van der Waals surface area contributed by atoms with Gasteiger partial charge in [0.2, 0.25) is 5.91 Å². The second-order valence-corrected chi connectivity index (χ2v) is 20.2. The van der Waals surface area contributed by atoms with Crippen molar-refractivity contribution in [3.05, 3.63) is 0 Å². The SMILES string of the molecule is C[C@@H]1CC([C@H](O)C(C)(C)O)OC2[C@H]1[C@@]1(C)CC[C@@]34C[C@@]35CCC(O[C@H]3CN(C(=O)C6CCCCC6)CCO3)C(C)(C)[C@@H]5CCC4[C@]1(C)[C@H]2O. The molecular formula is C41H67NO7. The lowest BCUT2D eigenvalue weighted by Crippen LogP contribution is -2.60. The maximum atomic E-state index is 13.4. The largest absolute Gasteiger partial charge is 0.390 e. The summed E-state index contributed by atoms with van der Waals surface area (Å²) in [6.45, 7) is 17.1. The van der Waals surface area contributed by atoms with Crippen molar-refractivity contribution in [2.24, 2.45) is 56.7 Å². The average Bonchev–Trinajstić information content (AvgIpc) is 3.70. The third-order valence-electron chi connectivity index (χ3n) is 17.5. The molecule has 1 amide bonds. The van der Waals surface area contributed by atoms with Crippen LogP contribution in [0.1, 0.15) is 132 Å². The molecule has 8 fully saturated rings. The number of rotatable bonds is 5.